The average Bonchev–Trinajstić information content (AvgIpc) is 3.23. The van der Waals surface area contributed by atoms with Crippen molar-refractivity contribution < 1.29 is 18.4 Å². The highest BCUT2D eigenvalue weighted by Gasteiger charge is 2.35. The monoisotopic (exact) mass is 415 g/mol. The molecule has 0 bridgehead atoms. The Morgan fingerprint density at radius 2 is 1.80 bits per heavy atom. The van der Waals surface area contributed by atoms with E-state index in [0.29, 0.717) is 24.5 Å². The van der Waals surface area contributed by atoms with Crippen LogP contribution in [0.3, 0.4) is 0 Å². The SMILES string of the molecule is COCCn1nnnc1[C@@H](c1ccccc1F)[NH+]1CCN(c2ccc(F)cc2)CC1. The van der Waals surface area contributed by atoms with E-state index in [4.69, 9.17) is 4.74 Å². The van der Waals surface area contributed by atoms with Crippen LogP contribution in [0.15, 0.2) is 48.5 Å². The van der Waals surface area contributed by atoms with Gasteiger partial charge in [-0.2, -0.15) is 0 Å². The van der Waals surface area contributed by atoms with Crippen molar-refractivity contribution >= 4 is 5.69 Å². The summed E-state index contributed by atoms with van der Waals surface area (Å²) in [5.74, 6) is 0.116. The van der Waals surface area contributed by atoms with E-state index in [1.807, 2.05) is 6.07 Å². The van der Waals surface area contributed by atoms with E-state index in [1.54, 1.807) is 36.1 Å². The summed E-state index contributed by atoms with van der Waals surface area (Å²) in [6, 6.07) is 13.0. The Labute approximate surface area is 173 Å². The zero-order chi connectivity index (χ0) is 20.9. The Morgan fingerprint density at radius 1 is 1.07 bits per heavy atom. The second kappa shape index (κ2) is 9.27. The van der Waals surface area contributed by atoms with Gasteiger partial charge in [0, 0.05) is 12.8 Å². The Bertz CT molecular complexity index is 956. The fraction of sp³-hybridized carbons (Fsp3) is 0.381. The van der Waals surface area contributed by atoms with Crippen LogP contribution < -0.4 is 9.80 Å². The van der Waals surface area contributed by atoms with Gasteiger partial charge in [0.25, 0.3) is 0 Å². The fourth-order valence-corrected chi connectivity index (χ4v) is 4.00. The molecule has 1 atom stereocenters. The Hall–Kier alpha value is -2.91. The van der Waals surface area contributed by atoms with Crippen LogP contribution in [0.4, 0.5) is 14.5 Å². The van der Waals surface area contributed by atoms with E-state index in [1.165, 1.54) is 23.1 Å². The van der Waals surface area contributed by atoms with Crippen molar-refractivity contribution in [1.29, 1.82) is 0 Å². The van der Waals surface area contributed by atoms with Crippen molar-refractivity contribution in [3.05, 3.63) is 71.6 Å². The van der Waals surface area contributed by atoms with E-state index in [-0.39, 0.29) is 17.7 Å². The molecule has 9 heteroatoms. The number of rotatable bonds is 7. The average molecular weight is 415 g/mol. The van der Waals surface area contributed by atoms with E-state index >= 15 is 0 Å². The molecule has 2 aromatic carbocycles. The lowest BCUT2D eigenvalue weighted by Crippen LogP contribution is -3.15. The molecule has 0 unspecified atom stereocenters. The first-order chi connectivity index (χ1) is 14.7. The van der Waals surface area contributed by atoms with Crippen LogP contribution in [0.1, 0.15) is 17.4 Å². The zero-order valence-corrected chi connectivity index (χ0v) is 16.8. The lowest BCUT2D eigenvalue weighted by atomic mass is 10.0. The second-order valence-corrected chi connectivity index (χ2v) is 7.33. The number of tetrazole rings is 1. The molecule has 1 aromatic heterocycles. The molecule has 7 nitrogen and oxygen atoms in total. The number of halogens is 2. The maximum Gasteiger partial charge on any atom is 0.214 e. The summed E-state index contributed by atoms with van der Waals surface area (Å²) in [6.07, 6.45) is 0. The molecule has 1 aliphatic rings. The minimum atomic E-state index is -0.326. The van der Waals surface area contributed by atoms with Crippen LogP contribution in [0.2, 0.25) is 0 Å². The van der Waals surface area contributed by atoms with Crippen LogP contribution in [0.25, 0.3) is 0 Å². The molecule has 1 N–H and O–H groups in total. The van der Waals surface area contributed by atoms with Crippen LogP contribution in [-0.2, 0) is 11.3 Å². The van der Waals surface area contributed by atoms with Crippen molar-refractivity contribution in [2.75, 3.05) is 44.8 Å². The third-order valence-corrected chi connectivity index (χ3v) is 5.55. The van der Waals surface area contributed by atoms with E-state index in [9.17, 15) is 8.78 Å². The van der Waals surface area contributed by atoms with Crippen molar-refractivity contribution in [2.24, 2.45) is 0 Å². The van der Waals surface area contributed by atoms with Crippen LogP contribution in [0, 0.1) is 11.6 Å². The standard InChI is InChI=1S/C21H24F2N6O/c1-30-15-14-29-21(24-25-26-29)20(18-4-2-3-5-19(18)23)28-12-10-27(11-13-28)17-8-6-16(22)7-9-17/h2-9,20H,10-15H2,1H3/p+1/t20-/m1/s1. The molecule has 3 aromatic rings. The van der Waals surface area contributed by atoms with Gasteiger partial charge in [-0.25, -0.2) is 13.5 Å². The van der Waals surface area contributed by atoms with Gasteiger partial charge in [-0.3, -0.25) is 0 Å². The van der Waals surface area contributed by atoms with E-state index < -0.39 is 0 Å². The third kappa shape index (κ3) is 4.31. The van der Waals surface area contributed by atoms with Gasteiger partial charge in [-0.1, -0.05) is 12.1 Å². The molecule has 0 saturated carbocycles. The number of hydrogen-bond donors (Lipinski definition) is 1. The summed E-state index contributed by atoms with van der Waals surface area (Å²) in [7, 11) is 1.62. The molecule has 0 amide bonds. The third-order valence-electron chi connectivity index (χ3n) is 5.55. The van der Waals surface area contributed by atoms with Crippen molar-refractivity contribution in [1.82, 2.24) is 20.2 Å². The van der Waals surface area contributed by atoms with Gasteiger partial charge in [-0.05, 0) is 46.8 Å². The number of benzene rings is 2. The highest BCUT2D eigenvalue weighted by atomic mass is 19.1. The Balaban J connectivity index is 1.59. The highest BCUT2D eigenvalue weighted by molar-refractivity contribution is 5.46. The molecule has 0 spiro atoms. The molecule has 4 rings (SSSR count). The Kier molecular flexibility index (Phi) is 6.29. The number of piperazine rings is 1. The molecule has 2 heterocycles. The topological polar surface area (TPSA) is 60.5 Å². The second-order valence-electron chi connectivity index (χ2n) is 7.33. The lowest BCUT2D eigenvalue weighted by Gasteiger charge is -2.37. The van der Waals surface area contributed by atoms with E-state index in [2.05, 4.69) is 20.4 Å². The number of anilines is 1. The summed E-state index contributed by atoms with van der Waals surface area (Å²) >= 11 is 0. The van der Waals surface area contributed by atoms with Gasteiger partial charge in [0.15, 0.2) is 6.04 Å². The number of nitrogens with one attached hydrogen (secondary N) is 1. The van der Waals surface area contributed by atoms with Gasteiger partial charge in [0.1, 0.15) is 11.6 Å². The summed E-state index contributed by atoms with van der Waals surface area (Å²) < 4.78 is 34.9. The predicted molar refractivity (Wildman–Crippen MR) is 107 cm³/mol. The van der Waals surface area contributed by atoms with Crippen LogP contribution >= 0.6 is 0 Å². The van der Waals surface area contributed by atoms with Crippen LogP contribution in [-0.4, -0.2) is 60.1 Å². The van der Waals surface area contributed by atoms with Gasteiger partial charge in [-0.15, -0.1) is 5.10 Å². The maximum absolute atomic E-state index is 14.8. The first-order valence-corrected chi connectivity index (χ1v) is 10.0. The molecule has 1 saturated heterocycles. The zero-order valence-electron chi connectivity index (χ0n) is 16.8. The van der Waals surface area contributed by atoms with Gasteiger partial charge < -0.3 is 14.5 Å². The first-order valence-electron chi connectivity index (χ1n) is 10.0. The number of methoxy groups -OCH3 is 1. The van der Waals surface area contributed by atoms with Crippen LogP contribution in [0.5, 0.6) is 0 Å². The largest absolute Gasteiger partial charge is 0.383 e. The van der Waals surface area contributed by atoms with Gasteiger partial charge in [0.2, 0.25) is 5.82 Å². The number of quaternary nitrogens is 1. The summed E-state index contributed by atoms with van der Waals surface area (Å²) in [5, 5.41) is 12.2. The minimum Gasteiger partial charge on any atom is -0.383 e. The molecular formula is C21H25F2N6O+. The lowest BCUT2D eigenvalue weighted by molar-refractivity contribution is -0.927. The normalized spacial score (nSPS) is 16.0. The van der Waals surface area contributed by atoms with Gasteiger partial charge in [0.05, 0.1) is 44.9 Å². The molecule has 0 aliphatic carbocycles. The molecule has 158 valence electrons. The smallest absolute Gasteiger partial charge is 0.214 e. The number of hydrogen-bond acceptors (Lipinski definition) is 5. The van der Waals surface area contributed by atoms with Crippen molar-refractivity contribution in [2.45, 2.75) is 12.6 Å². The number of nitrogens with zero attached hydrogens (tertiary/aromatic N) is 5. The minimum absolute atomic E-state index is 0.245. The van der Waals surface area contributed by atoms with Crippen molar-refractivity contribution in [3.8, 4) is 0 Å². The van der Waals surface area contributed by atoms with Gasteiger partial charge >= 0.3 is 0 Å². The molecular weight excluding hydrogens is 390 g/mol. The highest BCUT2D eigenvalue weighted by Crippen LogP contribution is 2.21. The van der Waals surface area contributed by atoms with E-state index in [0.717, 1.165) is 31.9 Å². The first kappa shape index (κ1) is 20.4. The summed E-state index contributed by atoms with van der Waals surface area (Å²) in [6.45, 7) is 4.05. The molecule has 1 fully saturated rings. The summed E-state index contributed by atoms with van der Waals surface area (Å²) in [5.41, 5.74) is 1.57. The number of ether oxygens (including phenoxy) is 1. The predicted octanol–water partition coefficient (Wildman–Crippen LogP) is 1.09. The fourth-order valence-electron chi connectivity index (χ4n) is 4.00. The maximum atomic E-state index is 14.8. The number of aromatic nitrogens is 4. The molecule has 1 aliphatic heterocycles. The quantitative estimate of drug-likeness (QED) is 0.626. The Morgan fingerprint density at radius 3 is 2.50 bits per heavy atom. The molecule has 30 heavy (non-hydrogen) atoms. The summed E-state index contributed by atoms with van der Waals surface area (Å²) in [4.78, 5) is 3.40. The van der Waals surface area contributed by atoms with Crippen molar-refractivity contribution in [3.63, 3.8) is 0 Å². The molecule has 0 radical (unpaired) electrons.